The second-order valence-corrected chi connectivity index (χ2v) is 4.38. The molecule has 0 bridgehead atoms. The normalized spacial score (nSPS) is 11.9. The largest absolute Gasteiger partial charge is 0.497 e. The molecule has 20 heavy (non-hydrogen) atoms. The van der Waals surface area contributed by atoms with Crippen LogP contribution in [-0.4, -0.2) is 20.8 Å². The van der Waals surface area contributed by atoms with E-state index in [1.807, 2.05) is 31.3 Å². The van der Waals surface area contributed by atoms with Crippen molar-refractivity contribution in [3.05, 3.63) is 59.9 Å². The first-order chi connectivity index (χ1) is 9.72. The standard InChI is InChI=1S/C16H18FNO2/c1-18-16(12-4-3-5-15(10-12)19-2)11-20-14-8-6-13(17)7-9-14/h3-10,16,18H,11H2,1-2H3. The smallest absolute Gasteiger partial charge is 0.123 e. The van der Waals surface area contributed by atoms with Gasteiger partial charge in [0, 0.05) is 0 Å². The quantitative estimate of drug-likeness (QED) is 0.878. The molecule has 0 aliphatic heterocycles. The molecule has 0 aliphatic rings. The van der Waals surface area contributed by atoms with Crippen LogP contribution in [0.2, 0.25) is 0 Å². The highest BCUT2D eigenvalue weighted by Gasteiger charge is 2.11. The summed E-state index contributed by atoms with van der Waals surface area (Å²) in [6.07, 6.45) is 0. The minimum absolute atomic E-state index is 0.0372. The van der Waals surface area contributed by atoms with Gasteiger partial charge in [0.2, 0.25) is 0 Å². The zero-order valence-electron chi connectivity index (χ0n) is 11.6. The van der Waals surface area contributed by atoms with E-state index in [0.717, 1.165) is 11.3 Å². The molecule has 0 spiro atoms. The SMILES string of the molecule is CNC(COc1ccc(F)cc1)c1cccc(OC)c1. The number of likely N-dealkylation sites (N-methyl/N-ethyl adjacent to an activating group) is 1. The predicted octanol–water partition coefficient (Wildman–Crippen LogP) is 3.17. The van der Waals surface area contributed by atoms with Crippen LogP contribution >= 0.6 is 0 Å². The summed E-state index contributed by atoms with van der Waals surface area (Å²) in [5.41, 5.74) is 1.08. The highest BCUT2D eigenvalue weighted by Crippen LogP contribution is 2.20. The van der Waals surface area contributed by atoms with Gasteiger partial charge < -0.3 is 14.8 Å². The zero-order chi connectivity index (χ0) is 14.4. The summed E-state index contributed by atoms with van der Waals surface area (Å²) in [5, 5.41) is 3.20. The first-order valence-electron chi connectivity index (χ1n) is 6.42. The summed E-state index contributed by atoms with van der Waals surface area (Å²) >= 11 is 0. The van der Waals surface area contributed by atoms with Gasteiger partial charge in [-0.25, -0.2) is 4.39 Å². The lowest BCUT2D eigenvalue weighted by molar-refractivity contribution is 0.272. The summed E-state index contributed by atoms with van der Waals surface area (Å²) in [6.45, 7) is 0.454. The molecule has 0 amide bonds. The van der Waals surface area contributed by atoms with Gasteiger partial charge in [-0.05, 0) is 49.0 Å². The first kappa shape index (κ1) is 14.3. The molecule has 0 fully saturated rings. The Morgan fingerprint density at radius 3 is 2.50 bits per heavy atom. The Morgan fingerprint density at radius 2 is 1.85 bits per heavy atom. The monoisotopic (exact) mass is 275 g/mol. The molecule has 1 unspecified atom stereocenters. The molecular weight excluding hydrogens is 257 g/mol. The summed E-state index contributed by atoms with van der Waals surface area (Å²) in [7, 11) is 3.51. The molecule has 0 saturated carbocycles. The number of rotatable bonds is 6. The Hall–Kier alpha value is -2.07. The summed E-state index contributed by atoms with van der Waals surface area (Å²) < 4.78 is 23.7. The van der Waals surface area contributed by atoms with Crippen molar-refractivity contribution < 1.29 is 13.9 Å². The third kappa shape index (κ3) is 3.71. The summed E-state index contributed by atoms with van der Waals surface area (Å²) in [6, 6.07) is 13.9. The molecule has 0 aliphatic carbocycles. The van der Waals surface area contributed by atoms with Crippen molar-refractivity contribution in [3.8, 4) is 11.5 Å². The van der Waals surface area contributed by atoms with E-state index in [2.05, 4.69) is 5.32 Å². The van der Waals surface area contributed by atoms with Crippen LogP contribution in [0, 0.1) is 5.82 Å². The molecule has 2 aromatic rings. The Morgan fingerprint density at radius 1 is 1.10 bits per heavy atom. The van der Waals surface area contributed by atoms with Crippen LogP contribution in [0.5, 0.6) is 11.5 Å². The number of halogens is 1. The van der Waals surface area contributed by atoms with Crippen LogP contribution in [0.25, 0.3) is 0 Å². The van der Waals surface area contributed by atoms with Crippen LogP contribution in [0.3, 0.4) is 0 Å². The fraction of sp³-hybridized carbons (Fsp3) is 0.250. The van der Waals surface area contributed by atoms with E-state index in [-0.39, 0.29) is 11.9 Å². The van der Waals surface area contributed by atoms with Crippen LogP contribution in [-0.2, 0) is 0 Å². The molecule has 0 saturated heterocycles. The number of ether oxygens (including phenoxy) is 2. The molecule has 106 valence electrons. The average Bonchev–Trinajstić information content (AvgIpc) is 2.50. The van der Waals surface area contributed by atoms with E-state index in [0.29, 0.717) is 12.4 Å². The van der Waals surface area contributed by atoms with Gasteiger partial charge in [-0.3, -0.25) is 0 Å². The van der Waals surface area contributed by atoms with Crippen molar-refractivity contribution in [1.29, 1.82) is 0 Å². The fourth-order valence-electron chi connectivity index (χ4n) is 1.91. The van der Waals surface area contributed by atoms with Crippen LogP contribution < -0.4 is 14.8 Å². The minimum Gasteiger partial charge on any atom is -0.497 e. The second-order valence-electron chi connectivity index (χ2n) is 4.38. The maximum Gasteiger partial charge on any atom is 0.123 e. The van der Waals surface area contributed by atoms with Gasteiger partial charge in [0.25, 0.3) is 0 Å². The molecular formula is C16H18FNO2. The third-order valence-corrected chi connectivity index (χ3v) is 3.07. The summed E-state index contributed by atoms with van der Waals surface area (Å²) in [4.78, 5) is 0. The molecule has 2 aromatic carbocycles. The first-order valence-corrected chi connectivity index (χ1v) is 6.42. The van der Waals surface area contributed by atoms with Gasteiger partial charge in [0.05, 0.1) is 13.2 Å². The molecule has 0 aromatic heterocycles. The van der Waals surface area contributed by atoms with Crippen molar-refractivity contribution in [1.82, 2.24) is 5.32 Å². The molecule has 0 radical (unpaired) electrons. The highest BCUT2D eigenvalue weighted by atomic mass is 19.1. The molecule has 3 nitrogen and oxygen atoms in total. The van der Waals surface area contributed by atoms with E-state index in [1.165, 1.54) is 12.1 Å². The van der Waals surface area contributed by atoms with Crippen LogP contribution in [0.1, 0.15) is 11.6 Å². The maximum atomic E-state index is 12.8. The topological polar surface area (TPSA) is 30.5 Å². The molecule has 4 heteroatoms. The van der Waals surface area contributed by atoms with E-state index >= 15 is 0 Å². The van der Waals surface area contributed by atoms with E-state index in [1.54, 1.807) is 19.2 Å². The van der Waals surface area contributed by atoms with Crippen molar-refractivity contribution in [2.45, 2.75) is 6.04 Å². The maximum absolute atomic E-state index is 12.8. The Balaban J connectivity index is 2.03. The Kier molecular flexibility index (Phi) is 4.96. The molecule has 1 N–H and O–H groups in total. The van der Waals surface area contributed by atoms with Crippen molar-refractivity contribution in [3.63, 3.8) is 0 Å². The van der Waals surface area contributed by atoms with Gasteiger partial charge in [0.1, 0.15) is 23.9 Å². The van der Waals surface area contributed by atoms with Gasteiger partial charge in [0.15, 0.2) is 0 Å². The van der Waals surface area contributed by atoms with Crippen molar-refractivity contribution in [2.24, 2.45) is 0 Å². The lowest BCUT2D eigenvalue weighted by atomic mass is 10.1. The van der Waals surface area contributed by atoms with Crippen molar-refractivity contribution >= 4 is 0 Å². The highest BCUT2D eigenvalue weighted by molar-refractivity contribution is 5.31. The molecule has 2 rings (SSSR count). The number of hydrogen-bond donors (Lipinski definition) is 1. The van der Waals surface area contributed by atoms with Crippen molar-refractivity contribution in [2.75, 3.05) is 20.8 Å². The van der Waals surface area contributed by atoms with E-state index < -0.39 is 0 Å². The zero-order valence-corrected chi connectivity index (χ0v) is 11.6. The van der Waals surface area contributed by atoms with Gasteiger partial charge in [-0.2, -0.15) is 0 Å². The number of nitrogens with one attached hydrogen (secondary N) is 1. The van der Waals surface area contributed by atoms with E-state index in [9.17, 15) is 4.39 Å². The number of hydrogen-bond acceptors (Lipinski definition) is 3. The van der Waals surface area contributed by atoms with Gasteiger partial charge in [-0.1, -0.05) is 12.1 Å². The average molecular weight is 275 g/mol. The fourth-order valence-corrected chi connectivity index (χ4v) is 1.91. The molecule has 1 atom stereocenters. The minimum atomic E-state index is -0.268. The van der Waals surface area contributed by atoms with Crippen LogP contribution in [0.15, 0.2) is 48.5 Å². The molecule has 0 heterocycles. The number of methoxy groups -OCH3 is 1. The van der Waals surface area contributed by atoms with Crippen LogP contribution in [0.4, 0.5) is 4.39 Å². The number of benzene rings is 2. The van der Waals surface area contributed by atoms with Gasteiger partial charge >= 0.3 is 0 Å². The summed E-state index contributed by atoms with van der Waals surface area (Å²) in [5.74, 6) is 1.19. The van der Waals surface area contributed by atoms with E-state index in [4.69, 9.17) is 9.47 Å². The lowest BCUT2D eigenvalue weighted by Crippen LogP contribution is -2.23. The lowest BCUT2D eigenvalue weighted by Gasteiger charge is -2.18. The second kappa shape index (κ2) is 6.91. The van der Waals surface area contributed by atoms with Gasteiger partial charge in [-0.15, -0.1) is 0 Å². The predicted molar refractivity (Wildman–Crippen MR) is 76.7 cm³/mol. The Labute approximate surface area is 118 Å². The third-order valence-electron chi connectivity index (χ3n) is 3.07. The Bertz CT molecular complexity index is 542.